The fraction of sp³-hybridized carbons (Fsp3) is 0.538. The normalized spacial score (nSPS) is 18.9. The highest BCUT2D eigenvalue weighted by Crippen LogP contribution is 2.23. The third-order valence-electron chi connectivity index (χ3n) is 3.42. The van der Waals surface area contributed by atoms with Crippen LogP contribution in [-0.4, -0.2) is 53.9 Å². The van der Waals surface area contributed by atoms with Gasteiger partial charge in [0.1, 0.15) is 0 Å². The molecular weight excluding hydrogens is 242 g/mol. The van der Waals surface area contributed by atoms with Crippen molar-refractivity contribution in [2.75, 3.05) is 32.6 Å². The van der Waals surface area contributed by atoms with Crippen LogP contribution >= 0.6 is 0 Å². The summed E-state index contributed by atoms with van der Waals surface area (Å²) < 4.78 is 0. The van der Waals surface area contributed by atoms with E-state index in [1.165, 1.54) is 0 Å². The summed E-state index contributed by atoms with van der Waals surface area (Å²) in [4.78, 5) is 20.6. The summed E-state index contributed by atoms with van der Waals surface area (Å²) in [6.45, 7) is 1.70. The van der Waals surface area contributed by atoms with E-state index in [0.717, 1.165) is 25.9 Å². The Morgan fingerprint density at radius 3 is 3.11 bits per heavy atom. The van der Waals surface area contributed by atoms with Gasteiger partial charge in [-0.2, -0.15) is 0 Å². The van der Waals surface area contributed by atoms with Gasteiger partial charge in [0.05, 0.1) is 17.4 Å². The van der Waals surface area contributed by atoms with E-state index in [2.05, 4.69) is 15.3 Å². The summed E-state index contributed by atoms with van der Waals surface area (Å²) in [7, 11) is 4.06. The number of nitrogens with two attached hydrogens (primary N) is 1. The fourth-order valence-corrected chi connectivity index (χ4v) is 2.57. The van der Waals surface area contributed by atoms with Crippen molar-refractivity contribution in [3.05, 3.63) is 24.0 Å². The molecule has 0 radical (unpaired) electrons. The molecule has 1 aliphatic rings. The SMILES string of the molecule is CN(C)CC1CCCN1C(=O)c1ccncc1NN. The molecule has 6 nitrogen and oxygen atoms in total. The van der Waals surface area contributed by atoms with Gasteiger partial charge in [-0.1, -0.05) is 0 Å². The minimum absolute atomic E-state index is 0.0275. The molecule has 1 amide bonds. The van der Waals surface area contributed by atoms with Crippen LogP contribution in [0.25, 0.3) is 0 Å². The number of nitrogens with one attached hydrogen (secondary N) is 1. The number of carbonyl (C=O) groups is 1. The van der Waals surface area contributed by atoms with Gasteiger partial charge in [0.15, 0.2) is 0 Å². The predicted octanol–water partition coefficient (Wildman–Crippen LogP) is 0.533. The molecule has 1 fully saturated rings. The van der Waals surface area contributed by atoms with Crippen LogP contribution in [0.4, 0.5) is 5.69 Å². The Balaban J connectivity index is 2.18. The maximum Gasteiger partial charge on any atom is 0.256 e. The molecule has 0 aromatic carbocycles. The molecule has 1 aromatic heterocycles. The number of pyridine rings is 1. The molecule has 19 heavy (non-hydrogen) atoms. The fourth-order valence-electron chi connectivity index (χ4n) is 2.57. The number of aromatic nitrogens is 1. The van der Waals surface area contributed by atoms with Gasteiger partial charge >= 0.3 is 0 Å². The number of nitrogen functional groups attached to an aromatic ring is 1. The summed E-state index contributed by atoms with van der Waals surface area (Å²) >= 11 is 0. The molecule has 1 aliphatic heterocycles. The Kier molecular flexibility index (Phi) is 4.34. The van der Waals surface area contributed by atoms with E-state index in [0.29, 0.717) is 11.3 Å². The lowest BCUT2D eigenvalue weighted by atomic mass is 10.1. The molecule has 1 saturated heterocycles. The number of hydrazine groups is 1. The van der Waals surface area contributed by atoms with Gasteiger partial charge in [-0.3, -0.25) is 15.6 Å². The minimum atomic E-state index is 0.0275. The van der Waals surface area contributed by atoms with Crippen molar-refractivity contribution in [1.29, 1.82) is 0 Å². The van der Waals surface area contributed by atoms with Crippen molar-refractivity contribution in [3.8, 4) is 0 Å². The van der Waals surface area contributed by atoms with Crippen molar-refractivity contribution >= 4 is 11.6 Å². The predicted molar refractivity (Wildman–Crippen MR) is 74.7 cm³/mol. The first-order chi connectivity index (χ1) is 9.13. The maximum atomic E-state index is 12.6. The Morgan fingerprint density at radius 2 is 2.42 bits per heavy atom. The summed E-state index contributed by atoms with van der Waals surface area (Å²) in [5.41, 5.74) is 3.69. The summed E-state index contributed by atoms with van der Waals surface area (Å²) in [6.07, 6.45) is 5.30. The first-order valence-corrected chi connectivity index (χ1v) is 6.50. The quantitative estimate of drug-likeness (QED) is 0.612. The van der Waals surface area contributed by atoms with Crippen LogP contribution in [0, 0.1) is 0 Å². The van der Waals surface area contributed by atoms with E-state index in [1.807, 2.05) is 19.0 Å². The van der Waals surface area contributed by atoms with Gasteiger partial charge in [-0.15, -0.1) is 0 Å². The van der Waals surface area contributed by atoms with E-state index in [9.17, 15) is 4.79 Å². The molecule has 1 atom stereocenters. The second-order valence-corrected chi connectivity index (χ2v) is 5.12. The number of hydrogen-bond acceptors (Lipinski definition) is 5. The molecular formula is C13H21N5O. The van der Waals surface area contributed by atoms with Crippen molar-refractivity contribution in [2.45, 2.75) is 18.9 Å². The van der Waals surface area contributed by atoms with E-state index >= 15 is 0 Å². The topological polar surface area (TPSA) is 74.5 Å². The van der Waals surface area contributed by atoms with Crippen molar-refractivity contribution < 1.29 is 4.79 Å². The van der Waals surface area contributed by atoms with Crippen molar-refractivity contribution in [1.82, 2.24) is 14.8 Å². The number of nitrogens with zero attached hydrogens (tertiary/aromatic N) is 3. The number of carbonyl (C=O) groups excluding carboxylic acids is 1. The van der Waals surface area contributed by atoms with E-state index in [-0.39, 0.29) is 11.9 Å². The van der Waals surface area contributed by atoms with Crippen LogP contribution < -0.4 is 11.3 Å². The number of anilines is 1. The largest absolute Gasteiger partial charge is 0.334 e. The summed E-state index contributed by atoms with van der Waals surface area (Å²) in [6, 6.07) is 1.99. The van der Waals surface area contributed by atoms with Gasteiger partial charge < -0.3 is 15.2 Å². The lowest BCUT2D eigenvalue weighted by Gasteiger charge is -2.27. The van der Waals surface area contributed by atoms with Crippen LogP contribution in [0.3, 0.4) is 0 Å². The standard InChI is InChI=1S/C13H21N5O/c1-17(2)9-10-4-3-7-18(10)13(19)11-5-6-15-8-12(11)16-14/h5-6,8,10,16H,3-4,7,9,14H2,1-2H3. The number of rotatable bonds is 4. The number of likely N-dealkylation sites (N-methyl/N-ethyl adjacent to an activating group) is 1. The van der Waals surface area contributed by atoms with Crippen molar-refractivity contribution in [2.24, 2.45) is 5.84 Å². The average molecular weight is 263 g/mol. The lowest BCUT2D eigenvalue weighted by molar-refractivity contribution is 0.0717. The Bertz CT molecular complexity index is 448. The number of hydrogen-bond donors (Lipinski definition) is 2. The highest BCUT2D eigenvalue weighted by molar-refractivity contribution is 5.99. The highest BCUT2D eigenvalue weighted by atomic mass is 16.2. The maximum absolute atomic E-state index is 12.6. The van der Waals surface area contributed by atoms with Crippen LogP contribution in [0.1, 0.15) is 23.2 Å². The third kappa shape index (κ3) is 3.02. The van der Waals surface area contributed by atoms with Gasteiger partial charge in [-0.25, -0.2) is 0 Å². The van der Waals surface area contributed by atoms with Crippen LogP contribution in [0.5, 0.6) is 0 Å². The third-order valence-corrected chi connectivity index (χ3v) is 3.42. The Labute approximate surface area is 113 Å². The number of likely N-dealkylation sites (tertiary alicyclic amines) is 1. The Morgan fingerprint density at radius 1 is 1.63 bits per heavy atom. The zero-order chi connectivity index (χ0) is 13.8. The summed E-state index contributed by atoms with van der Waals surface area (Å²) in [5, 5.41) is 0. The molecule has 0 saturated carbocycles. The average Bonchev–Trinajstić information content (AvgIpc) is 2.85. The van der Waals surface area contributed by atoms with Crippen LogP contribution in [0.2, 0.25) is 0 Å². The van der Waals surface area contributed by atoms with E-state index < -0.39 is 0 Å². The molecule has 1 unspecified atom stereocenters. The monoisotopic (exact) mass is 263 g/mol. The van der Waals surface area contributed by atoms with Gasteiger partial charge in [0.2, 0.25) is 0 Å². The molecule has 6 heteroatoms. The molecule has 0 aliphatic carbocycles. The second kappa shape index (κ2) is 5.99. The van der Waals surface area contributed by atoms with Gasteiger partial charge in [0, 0.05) is 25.3 Å². The molecule has 0 bridgehead atoms. The molecule has 1 aromatic rings. The number of amides is 1. The first-order valence-electron chi connectivity index (χ1n) is 6.50. The minimum Gasteiger partial charge on any atom is -0.334 e. The zero-order valence-electron chi connectivity index (χ0n) is 11.5. The van der Waals surface area contributed by atoms with Gasteiger partial charge in [-0.05, 0) is 33.0 Å². The van der Waals surface area contributed by atoms with Gasteiger partial charge in [0.25, 0.3) is 5.91 Å². The lowest BCUT2D eigenvalue weighted by Crippen LogP contribution is -2.41. The van der Waals surface area contributed by atoms with Crippen LogP contribution in [0.15, 0.2) is 18.5 Å². The molecule has 0 spiro atoms. The first kappa shape index (κ1) is 13.8. The molecule has 3 N–H and O–H groups in total. The van der Waals surface area contributed by atoms with E-state index in [4.69, 9.17) is 5.84 Å². The molecule has 2 heterocycles. The molecule has 2 rings (SSSR count). The molecule has 104 valence electrons. The highest BCUT2D eigenvalue weighted by Gasteiger charge is 2.30. The summed E-state index contributed by atoms with van der Waals surface area (Å²) in [5.74, 6) is 5.46. The second-order valence-electron chi connectivity index (χ2n) is 5.12. The van der Waals surface area contributed by atoms with Crippen molar-refractivity contribution in [3.63, 3.8) is 0 Å². The smallest absolute Gasteiger partial charge is 0.256 e. The van der Waals surface area contributed by atoms with E-state index in [1.54, 1.807) is 18.5 Å². The zero-order valence-corrected chi connectivity index (χ0v) is 11.5. The Hall–Kier alpha value is -1.66. The van der Waals surface area contributed by atoms with Crippen LogP contribution in [-0.2, 0) is 0 Å².